The summed E-state index contributed by atoms with van der Waals surface area (Å²) in [5.74, 6) is 0.840. The van der Waals surface area contributed by atoms with Crippen molar-refractivity contribution in [2.45, 2.75) is 19.9 Å². The Hall–Kier alpha value is -1.94. The van der Waals surface area contributed by atoms with E-state index in [9.17, 15) is 4.39 Å². The molecule has 1 aromatic heterocycles. The minimum absolute atomic E-state index is 0.279. The Kier molecular flexibility index (Phi) is 4.47. The third kappa shape index (κ3) is 3.76. The largest absolute Gasteiger partial charge is 0.439 e. The van der Waals surface area contributed by atoms with Gasteiger partial charge < -0.3 is 10.1 Å². The van der Waals surface area contributed by atoms with E-state index < -0.39 is 0 Å². The molecular weight excluding hydrogens is 243 g/mol. The summed E-state index contributed by atoms with van der Waals surface area (Å²) in [4.78, 5) is 4.41. The molecule has 100 valence electrons. The van der Waals surface area contributed by atoms with Crippen LogP contribution >= 0.6 is 0 Å². The number of halogens is 1. The molecule has 0 radical (unpaired) electrons. The van der Waals surface area contributed by atoms with Gasteiger partial charge in [0.25, 0.3) is 0 Å². The second-order valence-electron chi connectivity index (χ2n) is 4.24. The minimum atomic E-state index is -0.279. The molecule has 1 aromatic carbocycles. The predicted molar refractivity (Wildman–Crippen MR) is 72.9 cm³/mol. The topological polar surface area (TPSA) is 34.1 Å². The quantitative estimate of drug-likeness (QED) is 0.895. The van der Waals surface area contributed by atoms with Crippen LogP contribution in [0.4, 0.5) is 4.39 Å². The molecule has 0 bridgehead atoms. The highest BCUT2D eigenvalue weighted by Gasteiger charge is 2.04. The van der Waals surface area contributed by atoms with Crippen molar-refractivity contribution in [3.63, 3.8) is 0 Å². The lowest BCUT2D eigenvalue weighted by Crippen LogP contribution is -2.06. The van der Waals surface area contributed by atoms with E-state index in [1.165, 1.54) is 12.1 Å². The molecule has 0 spiro atoms. The van der Waals surface area contributed by atoms with Gasteiger partial charge in [0.1, 0.15) is 11.6 Å². The first-order chi connectivity index (χ1) is 9.21. The lowest BCUT2D eigenvalue weighted by atomic mass is 10.2. The maximum absolute atomic E-state index is 12.8. The number of hydrogen-bond donors (Lipinski definition) is 1. The predicted octanol–water partition coefficient (Wildman–Crippen LogP) is 3.29. The van der Waals surface area contributed by atoms with Crippen molar-refractivity contribution in [2.75, 3.05) is 7.05 Å². The number of nitrogens with one attached hydrogen (secondary N) is 1. The molecule has 0 aliphatic carbocycles. The average molecular weight is 260 g/mol. The van der Waals surface area contributed by atoms with E-state index in [1.807, 2.05) is 26.1 Å². The normalized spacial score (nSPS) is 10.5. The first-order valence-electron chi connectivity index (χ1n) is 6.29. The number of aryl methyl sites for hydroxylation is 1. The van der Waals surface area contributed by atoms with E-state index >= 15 is 0 Å². The van der Waals surface area contributed by atoms with Crippen LogP contribution in [-0.2, 0) is 13.0 Å². The summed E-state index contributed by atoms with van der Waals surface area (Å²) in [6, 6.07) is 9.86. The van der Waals surface area contributed by atoms with Crippen molar-refractivity contribution < 1.29 is 9.13 Å². The molecule has 0 atom stereocenters. The highest BCUT2D eigenvalue weighted by atomic mass is 19.1. The zero-order valence-corrected chi connectivity index (χ0v) is 11.1. The zero-order valence-electron chi connectivity index (χ0n) is 11.1. The molecular formula is C15H17FN2O. The van der Waals surface area contributed by atoms with Crippen LogP contribution in [0.5, 0.6) is 11.6 Å². The van der Waals surface area contributed by atoms with Crippen LogP contribution in [0, 0.1) is 5.82 Å². The Morgan fingerprint density at radius 2 is 1.95 bits per heavy atom. The van der Waals surface area contributed by atoms with E-state index in [1.54, 1.807) is 12.1 Å². The summed E-state index contributed by atoms with van der Waals surface area (Å²) in [6.07, 6.45) is 0.845. The Balaban J connectivity index is 2.23. The van der Waals surface area contributed by atoms with E-state index in [0.29, 0.717) is 11.6 Å². The summed E-state index contributed by atoms with van der Waals surface area (Å²) in [5.41, 5.74) is 2.09. The lowest BCUT2D eigenvalue weighted by Gasteiger charge is -2.09. The Morgan fingerprint density at radius 1 is 1.21 bits per heavy atom. The molecule has 0 aliphatic rings. The second kappa shape index (κ2) is 6.29. The smallest absolute Gasteiger partial charge is 0.219 e. The third-order valence-electron chi connectivity index (χ3n) is 2.69. The number of pyridine rings is 1. The second-order valence-corrected chi connectivity index (χ2v) is 4.24. The Morgan fingerprint density at radius 3 is 2.58 bits per heavy atom. The first-order valence-corrected chi connectivity index (χ1v) is 6.29. The number of ether oxygens (including phenoxy) is 1. The van der Waals surface area contributed by atoms with Gasteiger partial charge in [-0.25, -0.2) is 9.37 Å². The standard InChI is InChI=1S/C15H17FN2O/c1-3-13-8-11(10-17-2)9-15(18-13)19-14-6-4-12(16)5-7-14/h4-9,17H,3,10H2,1-2H3. The molecule has 0 saturated carbocycles. The number of hydrogen-bond acceptors (Lipinski definition) is 3. The zero-order chi connectivity index (χ0) is 13.7. The van der Waals surface area contributed by atoms with Gasteiger partial charge in [0.15, 0.2) is 0 Å². The SMILES string of the molecule is CCc1cc(CNC)cc(Oc2ccc(F)cc2)n1. The van der Waals surface area contributed by atoms with Gasteiger partial charge in [0.2, 0.25) is 5.88 Å². The number of benzene rings is 1. The summed E-state index contributed by atoms with van der Waals surface area (Å²) >= 11 is 0. The third-order valence-corrected chi connectivity index (χ3v) is 2.69. The van der Waals surface area contributed by atoms with Gasteiger partial charge in [0.05, 0.1) is 0 Å². The molecule has 19 heavy (non-hydrogen) atoms. The van der Waals surface area contributed by atoms with E-state index in [-0.39, 0.29) is 5.82 Å². The molecule has 2 aromatic rings. The average Bonchev–Trinajstić information content (AvgIpc) is 2.41. The van der Waals surface area contributed by atoms with Crippen LogP contribution in [-0.4, -0.2) is 12.0 Å². The first kappa shape index (κ1) is 13.5. The fourth-order valence-electron chi connectivity index (χ4n) is 1.78. The van der Waals surface area contributed by atoms with Crippen LogP contribution in [0.1, 0.15) is 18.2 Å². The van der Waals surface area contributed by atoms with Gasteiger partial charge in [-0.2, -0.15) is 0 Å². The number of nitrogens with zero attached hydrogens (tertiary/aromatic N) is 1. The van der Waals surface area contributed by atoms with Crippen molar-refractivity contribution in [1.82, 2.24) is 10.3 Å². The fourth-order valence-corrected chi connectivity index (χ4v) is 1.78. The van der Waals surface area contributed by atoms with Crippen LogP contribution < -0.4 is 10.1 Å². The molecule has 1 heterocycles. The lowest BCUT2D eigenvalue weighted by molar-refractivity contribution is 0.458. The minimum Gasteiger partial charge on any atom is -0.439 e. The molecule has 2 rings (SSSR count). The summed E-state index contributed by atoms with van der Waals surface area (Å²) in [6.45, 7) is 2.81. The Labute approximate surface area is 112 Å². The van der Waals surface area contributed by atoms with Crippen LogP contribution in [0.25, 0.3) is 0 Å². The molecule has 0 saturated heterocycles. The van der Waals surface area contributed by atoms with Crippen molar-refractivity contribution in [3.05, 3.63) is 53.5 Å². The van der Waals surface area contributed by atoms with Crippen molar-refractivity contribution >= 4 is 0 Å². The van der Waals surface area contributed by atoms with Crippen molar-refractivity contribution in [3.8, 4) is 11.6 Å². The van der Waals surface area contributed by atoms with Crippen LogP contribution in [0.3, 0.4) is 0 Å². The van der Waals surface area contributed by atoms with Crippen LogP contribution in [0.2, 0.25) is 0 Å². The highest BCUT2D eigenvalue weighted by Crippen LogP contribution is 2.21. The summed E-state index contributed by atoms with van der Waals surface area (Å²) in [5, 5.41) is 3.10. The van der Waals surface area contributed by atoms with Gasteiger partial charge in [-0.3, -0.25) is 0 Å². The van der Waals surface area contributed by atoms with Gasteiger partial charge >= 0.3 is 0 Å². The number of aromatic nitrogens is 1. The summed E-state index contributed by atoms with van der Waals surface area (Å²) < 4.78 is 18.5. The molecule has 1 N–H and O–H groups in total. The molecule has 4 heteroatoms. The van der Waals surface area contributed by atoms with Gasteiger partial charge in [-0.05, 0) is 49.4 Å². The molecule has 0 fully saturated rings. The molecule has 0 unspecified atom stereocenters. The molecule has 0 amide bonds. The Bertz CT molecular complexity index is 540. The monoisotopic (exact) mass is 260 g/mol. The maximum atomic E-state index is 12.8. The molecule has 3 nitrogen and oxygen atoms in total. The molecule has 0 aliphatic heterocycles. The van der Waals surface area contributed by atoms with Gasteiger partial charge in [0, 0.05) is 18.3 Å². The van der Waals surface area contributed by atoms with Crippen LogP contribution in [0.15, 0.2) is 36.4 Å². The van der Waals surface area contributed by atoms with E-state index in [4.69, 9.17) is 4.74 Å². The van der Waals surface area contributed by atoms with Crippen molar-refractivity contribution in [2.24, 2.45) is 0 Å². The van der Waals surface area contributed by atoms with Gasteiger partial charge in [-0.15, -0.1) is 0 Å². The maximum Gasteiger partial charge on any atom is 0.219 e. The van der Waals surface area contributed by atoms with E-state index in [2.05, 4.69) is 10.3 Å². The summed E-state index contributed by atoms with van der Waals surface area (Å²) in [7, 11) is 1.90. The number of rotatable bonds is 5. The van der Waals surface area contributed by atoms with E-state index in [0.717, 1.165) is 24.2 Å². The van der Waals surface area contributed by atoms with Crippen molar-refractivity contribution in [1.29, 1.82) is 0 Å². The fraction of sp³-hybridized carbons (Fsp3) is 0.267. The van der Waals surface area contributed by atoms with Gasteiger partial charge in [-0.1, -0.05) is 6.92 Å². The highest BCUT2D eigenvalue weighted by molar-refractivity contribution is 5.31.